The first-order valence-electron chi connectivity index (χ1n) is 5.07. The number of anilines is 2. The molecule has 18 heavy (non-hydrogen) atoms. The number of halogens is 1. The Morgan fingerprint density at radius 1 is 1.39 bits per heavy atom. The molecule has 1 heterocycles. The number of thiophene rings is 1. The third kappa shape index (κ3) is 3.21. The van der Waals surface area contributed by atoms with Crippen molar-refractivity contribution in [3.63, 3.8) is 0 Å². The van der Waals surface area contributed by atoms with Gasteiger partial charge in [-0.15, -0.1) is 11.3 Å². The molecular formula is C11H10BrN3O2S. The highest BCUT2D eigenvalue weighted by Gasteiger charge is 2.08. The summed E-state index contributed by atoms with van der Waals surface area (Å²) in [5.41, 5.74) is 6.63. The zero-order valence-corrected chi connectivity index (χ0v) is 11.6. The highest BCUT2D eigenvalue weighted by molar-refractivity contribution is 9.11. The van der Waals surface area contributed by atoms with E-state index in [9.17, 15) is 10.1 Å². The average molecular weight is 328 g/mol. The van der Waals surface area contributed by atoms with E-state index in [2.05, 4.69) is 21.2 Å². The molecule has 0 saturated carbocycles. The maximum absolute atomic E-state index is 10.7. The van der Waals surface area contributed by atoms with Gasteiger partial charge in [0.1, 0.15) is 0 Å². The summed E-state index contributed by atoms with van der Waals surface area (Å²) >= 11 is 4.99. The largest absolute Gasteiger partial charge is 0.398 e. The van der Waals surface area contributed by atoms with Crippen LogP contribution in [0, 0.1) is 10.1 Å². The van der Waals surface area contributed by atoms with Crippen molar-refractivity contribution >= 4 is 44.3 Å². The molecule has 0 fully saturated rings. The fraction of sp³-hybridized carbons (Fsp3) is 0.0909. The Bertz CT molecular complexity index is 585. The summed E-state index contributed by atoms with van der Waals surface area (Å²) in [4.78, 5) is 11.4. The van der Waals surface area contributed by atoms with Crippen molar-refractivity contribution < 1.29 is 4.92 Å². The number of non-ortho nitro benzene ring substituents is 1. The Kier molecular flexibility index (Phi) is 3.83. The molecule has 94 valence electrons. The fourth-order valence-corrected chi connectivity index (χ4v) is 2.90. The first-order valence-corrected chi connectivity index (χ1v) is 6.68. The molecule has 0 radical (unpaired) electrons. The molecule has 0 aliphatic rings. The number of nitrogens with two attached hydrogens (primary N) is 1. The lowest BCUT2D eigenvalue weighted by atomic mass is 10.2. The van der Waals surface area contributed by atoms with Gasteiger partial charge in [-0.1, -0.05) is 0 Å². The molecule has 0 bridgehead atoms. The molecule has 0 aliphatic heterocycles. The zero-order chi connectivity index (χ0) is 13.1. The SMILES string of the molecule is Nc1cc(NCc2ccc(Br)s2)cc([N+](=O)[O-])c1. The standard InChI is InChI=1S/C11H10BrN3O2S/c12-11-2-1-10(18-11)6-14-8-3-7(13)4-9(5-8)15(16)17/h1-5,14H,6,13H2. The Labute approximate surface area is 116 Å². The van der Waals surface area contributed by atoms with Gasteiger partial charge >= 0.3 is 0 Å². The Hall–Kier alpha value is -1.60. The Balaban J connectivity index is 2.11. The molecule has 3 N–H and O–H groups in total. The monoisotopic (exact) mass is 327 g/mol. The van der Waals surface area contributed by atoms with Crippen molar-refractivity contribution in [1.29, 1.82) is 0 Å². The number of benzene rings is 1. The summed E-state index contributed by atoms with van der Waals surface area (Å²) in [5, 5.41) is 13.8. The molecule has 0 unspecified atom stereocenters. The minimum absolute atomic E-state index is 0.00939. The van der Waals surface area contributed by atoms with Gasteiger partial charge in [0.25, 0.3) is 5.69 Å². The fourth-order valence-electron chi connectivity index (χ4n) is 1.48. The summed E-state index contributed by atoms with van der Waals surface area (Å²) in [6, 6.07) is 8.44. The Morgan fingerprint density at radius 2 is 2.17 bits per heavy atom. The number of nitrogens with zero attached hydrogens (tertiary/aromatic N) is 1. The summed E-state index contributed by atoms with van der Waals surface area (Å²) in [5.74, 6) is 0. The smallest absolute Gasteiger partial charge is 0.273 e. The third-order valence-corrected chi connectivity index (χ3v) is 3.87. The second-order valence-electron chi connectivity index (χ2n) is 3.63. The van der Waals surface area contributed by atoms with Crippen LogP contribution in [0.25, 0.3) is 0 Å². The van der Waals surface area contributed by atoms with Crippen LogP contribution >= 0.6 is 27.3 Å². The second-order valence-corrected chi connectivity index (χ2v) is 6.18. The average Bonchev–Trinajstić information content (AvgIpc) is 2.72. The van der Waals surface area contributed by atoms with E-state index in [-0.39, 0.29) is 5.69 Å². The van der Waals surface area contributed by atoms with Crippen molar-refractivity contribution in [3.8, 4) is 0 Å². The molecule has 0 aliphatic carbocycles. The lowest BCUT2D eigenvalue weighted by Gasteiger charge is -2.05. The van der Waals surface area contributed by atoms with Crippen LogP contribution in [0.4, 0.5) is 17.1 Å². The van der Waals surface area contributed by atoms with E-state index < -0.39 is 4.92 Å². The zero-order valence-electron chi connectivity index (χ0n) is 9.22. The Morgan fingerprint density at radius 3 is 2.78 bits per heavy atom. The van der Waals surface area contributed by atoms with E-state index in [4.69, 9.17) is 5.73 Å². The van der Waals surface area contributed by atoms with E-state index in [0.29, 0.717) is 17.9 Å². The van der Waals surface area contributed by atoms with E-state index in [1.807, 2.05) is 12.1 Å². The van der Waals surface area contributed by atoms with Crippen LogP contribution in [-0.4, -0.2) is 4.92 Å². The number of hydrogen-bond donors (Lipinski definition) is 2. The predicted octanol–water partition coefficient (Wildman–Crippen LogP) is 3.61. The summed E-state index contributed by atoms with van der Waals surface area (Å²) in [6.07, 6.45) is 0. The minimum Gasteiger partial charge on any atom is -0.398 e. The molecule has 7 heteroatoms. The van der Waals surface area contributed by atoms with Crippen molar-refractivity contribution in [2.24, 2.45) is 0 Å². The minimum atomic E-state index is -0.455. The molecule has 0 amide bonds. The molecular weight excluding hydrogens is 318 g/mol. The number of nitro groups is 1. The van der Waals surface area contributed by atoms with E-state index in [1.165, 1.54) is 12.1 Å². The van der Waals surface area contributed by atoms with Gasteiger partial charge in [0.05, 0.1) is 8.71 Å². The van der Waals surface area contributed by atoms with Crippen LogP contribution in [0.5, 0.6) is 0 Å². The van der Waals surface area contributed by atoms with Crippen LogP contribution < -0.4 is 11.1 Å². The normalized spacial score (nSPS) is 10.3. The highest BCUT2D eigenvalue weighted by Crippen LogP contribution is 2.25. The van der Waals surface area contributed by atoms with Crippen LogP contribution in [0.1, 0.15) is 4.88 Å². The van der Waals surface area contributed by atoms with Gasteiger partial charge in [-0.05, 0) is 34.1 Å². The number of nitrogen functional groups attached to an aromatic ring is 1. The topological polar surface area (TPSA) is 81.2 Å². The molecule has 0 atom stereocenters. The lowest BCUT2D eigenvalue weighted by Crippen LogP contribution is -2.00. The maximum Gasteiger partial charge on any atom is 0.273 e. The first-order chi connectivity index (χ1) is 8.54. The van der Waals surface area contributed by atoms with Crippen molar-refractivity contribution in [2.45, 2.75) is 6.54 Å². The molecule has 1 aromatic heterocycles. The van der Waals surface area contributed by atoms with Gasteiger partial charge in [-0.2, -0.15) is 0 Å². The molecule has 5 nitrogen and oxygen atoms in total. The summed E-state index contributed by atoms with van der Waals surface area (Å²) < 4.78 is 1.05. The summed E-state index contributed by atoms with van der Waals surface area (Å²) in [7, 11) is 0. The molecule has 0 saturated heterocycles. The van der Waals surface area contributed by atoms with Crippen LogP contribution in [-0.2, 0) is 6.54 Å². The number of nitrogens with one attached hydrogen (secondary N) is 1. The number of hydrogen-bond acceptors (Lipinski definition) is 5. The first kappa shape index (κ1) is 12.8. The molecule has 2 aromatic rings. The molecule has 0 spiro atoms. The van der Waals surface area contributed by atoms with Crippen LogP contribution in [0.3, 0.4) is 0 Å². The molecule has 2 rings (SSSR count). The van der Waals surface area contributed by atoms with E-state index in [0.717, 1.165) is 8.66 Å². The maximum atomic E-state index is 10.7. The van der Waals surface area contributed by atoms with E-state index >= 15 is 0 Å². The van der Waals surface area contributed by atoms with Gasteiger partial charge in [0.15, 0.2) is 0 Å². The van der Waals surface area contributed by atoms with Gasteiger partial charge in [-0.3, -0.25) is 10.1 Å². The van der Waals surface area contributed by atoms with Crippen molar-refractivity contribution in [1.82, 2.24) is 0 Å². The predicted molar refractivity (Wildman–Crippen MR) is 76.9 cm³/mol. The van der Waals surface area contributed by atoms with Crippen molar-refractivity contribution in [2.75, 3.05) is 11.1 Å². The van der Waals surface area contributed by atoms with Gasteiger partial charge in [-0.25, -0.2) is 0 Å². The van der Waals surface area contributed by atoms with E-state index in [1.54, 1.807) is 17.4 Å². The lowest BCUT2D eigenvalue weighted by molar-refractivity contribution is -0.384. The van der Waals surface area contributed by atoms with Gasteiger partial charge in [0, 0.05) is 34.9 Å². The van der Waals surface area contributed by atoms with Gasteiger partial charge < -0.3 is 11.1 Å². The number of nitro benzene ring substituents is 1. The molecule has 1 aromatic carbocycles. The van der Waals surface area contributed by atoms with Crippen molar-refractivity contribution in [3.05, 3.63) is 49.1 Å². The second kappa shape index (κ2) is 5.36. The van der Waals surface area contributed by atoms with Crippen LogP contribution in [0.15, 0.2) is 34.1 Å². The quantitative estimate of drug-likeness (QED) is 0.510. The summed E-state index contributed by atoms with van der Waals surface area (Å²) in [6.45, 7) is 0.608. The van der Waals surface area contributed by atoms with Crippen LogP contribution in [0.2, 0.25) is 0 Å². The highest BCUT2D eigenvalue weighted by atomic mass is 79.9. The van der Waals surface area contributed by atoms with Gasteiger partial charge in [0.2, 0.25) is 0 Å². The number of rotatable bonds is 4. The third-order valence-electron chi connectivity index (χ3n) is 2.25.